The van der Waals surface area contributed by atoms with E-state index in [9.17, 15) is 14.0 Å². The number of piperazine rings is 1. The maximum atomic E-state index is 14.6. The average Bonchev–Trinajstić information content (AvgIpc) is 3.05. The highest BCUT2D eigenvalue weighted by Gasteiger charge is 2.36. The second kappa shape index (κ2) is 9.26. The van der Waals surface area contributed by atoms with Crippen molar-refractivity contribution in [1.82, 2.24) is 15.1 Å². The molecule has 3 heterocycles. The normalized spacial score (nSPS) is 18.7. The number of halogens is 2. The first-order chi connectivity index (χ1) is 15.2. The van der Waals surface area contributed by atoms with Crippen molar-refractivity contribution in [3.63, 3.8) is 0 Å². The molecule has 2 N–H and O–H groups in total. The van der Waals surface area contributed by atoms with E-state index >= 15 is 0 Å². The van der Waals surface area contributed by atoms with Gasteiger partial charge in [0.1, 0.15) is 10.8 Å². The summed E-state index contributed by atoms with van der Waals surface area (Å²) in [7, 11) is 0. The molecule has 0 radical (unpaired) electrons. The second-order valence-corrected chi connectivity index (χ2v) is 11.4. The first-order valence-electron chi connectivity index (χ1n) is 10.9. The molecule has 4 rings (SSSR count). The Morgan fingerprint density at radius 3 is 2.66 bits per heavy atom. The van der Waals surface area contributed by atoms with E-state index in [0.29, 0.717) is 47.2 Å². The molecule has 0 saturated carbocycles. The molecule has 2 aliphatic rings. The lowest BCUT2D eigenvalue weighted by atomic mass is 9.85. The van der Waals surface area contributed by atoms with Gasteiger partial charge < -0.3 is 20.4 Å². The highest BCUT2D eigenvalue weighted by atomic mass is 127. The zero-order valence-corrected chi connectivity index (χ0v) is 21.5. The molecule has 1 aromatic carbocycles. The van der Waals surface area contributed by atoms with Crippen molar-refractivity contribution in [3.8, 4) is 0 Å². The van der Waals surface area contributed by atoms with Gasteiger partial charge in [0.2, 0.25) is 0 Å². The number of rotatable bonds is 4. The number of hydrogen-bond donors (Lipinski definition) is 2. The van der Waals surface area contributed by atoms with Gasteiger partial charge in [0, 0.05) is 36.3 Å². The topological polar surface area (TPSA) is 64.7 Å². The number of amides is 2. The van der Waals surface area contributed by atoms with Crippen molar-refractivity contribution < 1.29 is 14.0 Å². The van der Waals surface area contributed by atoms with Gasteiger partial charge in [-0.2, -0.15) is 0 Å². The minimum atomic E-state index is -0.389. The number of fused-ring (bicyclic) bond motifs is 1. The lowest BCUT2D eigenvalue weighted by Gasteiger charge is -2.34. The summed E-state index contributed by atoms with van der Waals surface area (Å²) in [5.74, 6) is -0.644. The fourth-order valence-electron chi connectivity index (χ4n) is 4.21. The van der Waals surface area contributed by atoms with Gasteiger partial charge in [0.25, 0.3) is 11.8 Å². The van der Waals surface area contributed by atoms with E-state index in [1.54, 1.807) is 6.07 Å². The quantitative estimate of drug-likeness (QED) is 0.538. The highest BCUT2D eigenvalue weighted by Crippen LogP contribution is 2.41. The third kappa shape index (κ3) is 4.79. The largest absolute Gasteiger partial charge is 0.351 e. The number of carbonyl (C=O) groups excluding carboxylic acids is 2. The summed E-state index contributed by atoms with van der Waals surface area (Å²) in [5.41, 5.74) is 1.39. The van der Waals surface area contributed by atoms with Crippen LogP contribution in [-0.2, 0) is 6.42 Å². The van der Waals surface area contributed by atoms with Gasteiger partial charge in [-0.3, -0.25) is 9.59 Å². The fourth-order valence-corrected chi connectivity index (χ4v) is 5.80. The van der Waals surface area contributed by atoms with E-state index in [4.69, 9.17) is 0 Å². The van der Waals surface area contributed by atoms with Crippen molar-refractivity contribution in [3.05, 3.63) is 43.6 Å². The number of likely N-dealkylation sites (N-methyl/N-ethyl adjacent to an activating group) is 1. The van der Waals surface area contributed by atoms with Crippen molar-refractivity contribution >= 4 is 56.4 Å². The van der Waals surface area contributed by atoms with Gasteiger partial charge in [-0.15, -0.1) is 11.3 Å². The molecule has 0 spiro atoms. The highest BCUT2D eigenvalue weighted by molar-refractivity contribution is 14.1. The molecule has 9 heteroatoms. The Morgan fingerprint density at radius 1 is 1.28 bits per heavy atom. The van der Waals surface area contributed by atoms with Crippen LogP contribution in [0.1, 0.15) is 46.4 Å². The lowest BCUT2D eigenvalue weighted by molar-refractivity contribution is 0.0643. The van der Waals surface area contributed by atoms with E-state index in [-0.39, 0.29) is 23.0 Å². The summed E-state index contributed by atoms with van der Waals surface area (Å²) in [5, 5.41) is 6.65. The molecule has 2 aromatic rings. The summed E-state index contributed by atoms with van der Waals surface area (Å²) >= 11 is 3.30. The van der Waals surface area contributed by atoms with Crippen LogP contribution in [0.15, 0.2) is 18.2 Å². The zero-order valence-electron chi connectivity index (χ0n) is 18.6. The van der Waals surface area contributed by atoms with Crippen LogP contribution in [0.4, 0.5) is 15.1 Å². The molecule has 172 valence electrons. The Kier molecular flexibility index (Phi) is 6.78. The van der Waals surface area contributed by atoms with Crippen molar-refractivity contribution in [2.75, 3.05) is 44.6 Å². The number of anilines is 2. The summed E-state index contributed by atoms with van der Waals surface area (Å²) in [6, 6.07) is 4.93. The summed E-state index contributed by atoms with van der Waals surface area (Å²) in [6.07, 6.45) is 0.602. The average molecular weight is 570 g/mol. The van der Waals surface area contributed by atoms with Gasteiger partial charge in [0.05, 0.1) is 16.1 Å². The van der Waals surface area contributed by atoms with E-state index in [0.717, 1.165) is 28.8 Å². The molecule has 1 saturated heterocycles. The van der Waals surface area contributed by atoms with E-state index < -0.39 is 0 Å². The van der Waals surface area contributed by atoms with Gasteiger partial charge >= 0.3 is 0 Å². The molecule has 2 amide bonds. The van der Waals surface area contributed by atoms with Crippen LogP contribution < -0.4 is 10.6 Å². The van der Waals surface area contributed by atoms with Crippen LogP contribution in [0.2, 0.25) is 0 Å². The smallest absolute Gasteiger partial charge is 0.261 e. The molecule has 0 atom stereocenters. The monoisotopic (exact) mass is 570 g/mol. The van der Waals surface area contributed by atoms with Crippen LogP contribution in [0.5, 0.6) is 0 Å². The molecule has 0 bridgehead atoms. The van der Waals surface area contributed by atoms with Crippen LogP contribution in [0.25, 0.3) is 0 Å². The van der Waals surface area contributed by atoms with Crippen molar-refractivity contribution in [2.24, 2.45) is 5.41 Å². The summed E-state index contributed by atoms with van der Waals surface area (Å²) in [6.45, 7) is 10.7. The van der Waals surface area contributed by atoms with Crippen LogP contribution >= 0.6 is 33.9 Å². The standard InChI is InChI=1S/C23H28FIN4O2S/c1-4-28-7-9-29(10-8-28)22(31)18-15-12-23(2,3)13-26-20(30)19(15)32-21(18)27-17-6-5-14(25)11-16(17)24/h5-6,11,27H,4,7-10,12-13H2,1-3H3,(H,26,30). The summed E-state index contributed by atoms with van der Waals surface area (Å²) < 4.78 is 15.4. The zero-order chi connectivity index (χ0) is 23.0. The Balaban J connectivity index is 1.76. The molecule has 32 heavy (non-hydrogen) atoms. The predicted molar refractivity (Wildman–Crippen MR) is 135 cm³/mol. The number of benzene rings is 1. The molecule has 0 unspecified atom stereocenters. The molecule has 0 aliphatic carbocycles. The van der Waals surface area contributed by atoms with E-state index in [1.165, 1.54) is 17.4 Å². The fraction of sp³-hybridized carbons (Fsp3) is 0.478. The summed E-state index contributed by atoms with van der Waals surface area (Å²) in [4.78, 5) is 31.3. The Hall–Kier alpha value is -1.72. The minimum absolute atomic E-state index is 0.0860. The lowest BCUT2D eigenvalue weighted by Crippen LogP contribution is -2.48. The third-order valence-electron chi connectivity index (χ3n) is 6.10. The maximum absolute atomic E-state index is 14.6. The molecule has 6 nitrogen and oxygen atoms in total. The number of hydrogen-bond acceptors (Lipinski definition) is 5. The number of thiophene rings is 1. The van der Waals surface area contributed by atoms with Crippen molar-refractivity contribution in [1.29, 1.82) is 0 Å². The molecule has 1 fully saturated rings. The second-order valence-electron chi connectivity index (χ2n) is 9.11. The van der Waals surface area contributed by atoms with E-state index in [1.807, 2.05) is 11.0 Å². The van der Waals surface area contributed by atoms with Gasteiger partial charge in [-0.1, -0.05) is 20.8 Å². The number of nitrogens with zero attached hydrogens (tertiary/aromatic N) is 2. The third-order valence-corrected chi connectivity index (χ3v) is 7.91. The molecule has 2 aliphatic heterocycles. The predicted octanol–water partition coefficient (Wildman–Crippen LogP) is 4.33. The Bertz CT molecular complexity index is 1050. The SMILES string of the molecule is CCN1CCN(C(=O)c2c(Nc3ccc(I)cc3F)sc3c2CC(C)(C)CNC3=O)CC1. The first kappa shape index (κ1) is 23.4. The number of nitrogens with one attached hydrogen (secondary N) is 2. The van der Waals surface area contributed by atoms with Gasteiger partial charge in [-0.05, 0) is 64.7 Å². The Morgan fingerprint density at radius 2 is 2.00 bits per heavy atom. The molecule has 1 aromatic heterocycles. The Labute approximate surface area is 205 Å². The van der Waals surface area contributed by atoms with Gasteiger partial charge in [0.15, 0.2) is 0 Å². The van der Waals surface area contributed by atoms with Crippen LogP contribution in [-0.4, -0.2) is 60.9 Å². The maximum Gasteiger partial charge on any atom is 0.261 e. The van der Waals surface area contributed by atoms with Gasteiger partial charge in [-0.25, -0.2) is 4.39 Å². The first-order valence-corrected chi connectivity index (χ1v) is 12.8. The molecular weight excluding hydrogens is 542 g/mol. The minimum Gasteiger partial charge on any atom is -0.351 e. The molecular formula is C23H28FIN4O2S. The van der Waals surface area contributed by atoms with Crippen LogP contribution in [0.3, 0.4) is 0 Å². The van der Waals surface area contributed by atoms with E-state index in [2.05, 4.69) is 58.9 Å². The van der Waals surface area contributed by atoms with Crippen LogP contribution in [0, 0.1) is 14.8 Å². The number of carbonyl (C=O) groups is 2. The van der Waals surface area contributed by atoms with Crippen molar-refractivity contribution in [2.45, 2.75) is 27.2 Å².